The van der Waals surface area contributed by atoms with Crippen LogP contribution in [0.5, 0.6) is 0 Å². The van der Waals surface area contributed by atoms with Crippen LogP contribution >= 0.6 is 0 Å². The number of rotatable bonds is 20. The summed E-state index contributed by atoms with van der Waals surface area (Å²) in [7, 11) is -3.89. The second-order valence-electron chi connectivity index (χ2n) is 7.60. The third kappa shape index (κ3) is 28.1. The van der Waals surface area contributed by atoms with Crippen molar-refractivity contribution in [1.29, 1.82) is 0 Å². The molecule has 29 heavy (non-hydrogen) atoms. The van der Waals surface area contributed by atoms with Crippen LogP contribution in [0.15, 0.2) is 17.1 Å². The van der Waals surface area contributed by atoms with Gasteiger partial charge in [-0.2, -0.15) is 8.42 Å². The summed E-state index contributed by atoms with van der Waals surface area (Å²) in [6.07, 6.45) is 22.0. The number of unbranched alkanes of at least 4 members (excludes halogenated alkanes) is 12. The van der Waals surface area contributed by atoms with Gasteiger partial charge >= 0.3 is 29.6 Å². The van der Waals surface area contributed by atoms with Crippen LogP contribution in [0.2, 0.25) is 0 Å². The van der Waals surface area contributed by atoms with Gasteiger partial charge in [-0.1, -0.05) is 70.4 Å². The summed E-state index contributed by atoms with van der Waals surface area (Å²) in [5, 5.41) is 11.6. The standard InChI is InChI=1S/C22H43NO4S.Na/c1-2-3-4-5-6-7-8-9-10-11-12-13-14-15-16-19-22(24)23-20-17-18-21-28(25,26)27;/h9-10H,2-8,11-21H2,1H3,(H,23,24)(H,25,26,27);/q;+1/p-1/b10-9+;. The summed E-state index contributed by atoms with van der Waals surface area (Å²) in [6.45, 7) is 2.60. The van der Waals surface area contributed by atoms with Crippen LogP contribution in [0.3, 0.4) is 0 Å². The predicted molar refractivity (Wildman–Crippen MR) is 117 cm³/mol. The van der Waals surface area contributed by atoms with E-state index in [0.29, 0.717) is 25.8 Å². The first kappa shape index (κ1) is 31.3. The molecule has 0 fully saturated rings. The van der Waals surface area contributed by atoms with Crippen molar-refractivity contribution < 1.29 is 47.6 Å². The summed E-state index contributed by atoms with van der Waals surface area (Å²) in [5.41, 5.74) is 0. The molecule has 0 heterocycles. The molecule has 0 aliphatic heterocycles. The Hall–Kier alpha value is 0.120. The van der Waals surface area contributed by atoms with E-state index >= 15 is 0 Å². The van der Waals surface area contributed by atoms with Gasteiger partial charge in [0.1, 0.15) is 0 Å². The van der Waals surface area contributed by atoms with E-state index in [9.17, 15) is 13.5 Å². The summed E-state index contributed by atoms with van der Waals surface area (Å²) in [6, 6.07) is 0. The fourth-order valence-corrected chi connectivity index (χ4v) is 3.59. The average molecular weight is 440 g/mol. The Morgan fingerprint density at radius 3 is 1.90 bits per heavy atom. The van der Waals surface area contributed by atoms with Crippen molar-refractivity contribution in [1.82, 2.24) is 0 Å². The molecule has 1 N–H and O–H groups in total. The molecule has 0 aromatic rings. The monoisotopic (exact) mass is 439 g/mol. The second kappa shape index (κ2) is 22.8. The first-order valence-electron chi connectivity index (χ1n) is 11.3. The van der Waals surface area contributed by atoms with Gasteiger partial charge in [0.2, 0.25) is 0 Å². The molecule has 0 unspecified atom stereocenters. The number of nitrogens with zero attached hydrogens (tertiary/aromatic N) is 1. The summed E-state index contributed by atoms with van der Waals surface area (Å²) >= 11 is 0. The molecule has 0 saturated carbocycles. The van der Waals surface area contributed by atoms with Crippen LogP contribution in [-0.2, 0) is 10.1 Å². The van der Waals surface area contributed by atoms with Gasteiger partial charge in [0, 0.05) is 6.54 Å². The molecular weight excluding hydrogens is 397 g/mol. The van der Waals surface area contributed by atoms with E-state index in [1.165, 1.54) is 57.8 Å². The molecular formula is C22H42NNaO4S. The van der Waals surface area contributed by atoms with Crippen molar-refractivity contribution in [2.24, 2.45) is 4.99 Å². The van der Waals surface area contributed by atoms with E-state index < -0.39 is 10.1 Å². The van der Waals surface area contributed by atoms with Crippen molar-refractivity contribution in [3.05, 3.63) is 12.2 Å². The predicted octanol–water partition coefficient (Wildman–Crippen LogP) is 2.45. The molecule has 0 atom stereocenters. The first-order chi connectivity index (χ1) is 13.5. The maximum absolute atomic E-state index is 11.6. The minimum Gasteiger partial charge on any atom is -0.862 e. The molecule has 0 bridgehead atoms. The number of hydrogen-bond donors (Lipinski definition) is 1. The molecule has 0 aromatic carbocycles. The van der Waals surface area contributed by atoms with Crippen molar-refractivity contribution >= 4 is 16.0 Å². The molecule has 0 radical (unpaired) electrons. The second-order valence-corrected chi connectivity index (χ2v) is 9.17. The molecule has 5 nitrogen and oxygen atoms in total. The summed E-state index contributed by atoms with van der Waals surface area (Å²) in [4.78, 5) is 3.92. The van der Waals surface area contributed by atoms with Gasteiger partial charge in [-0.25, -0.2) is 0 Å². The quantitative estimate of drug-likeness (QED) is 0.0788. The summed E-state index contributed by atoms with van der Waals surface area (Å²) in [5.74, 6) is -0.352. The SMILES string of the molecule is CCCCCCCC/C=C/CCCCCCCC([O-])=NCCCCS(=O)(=O)O.[Na+]. The van der Waals surface area contributed by atoms with Gasteiger partial charge in [-0.3, -0.25) is 4.55 Å². The molecule has 0 rings (SSSR count). The zero-order chi connectivity index (χ0) is 20.9. The van der Waals surface area contributed by atoms with Gasteiger partial charge in [-0.15, -0.1) is 0 Å². The molecule has 0 saturated heterocycles. The molecule has 0 amide bonds. The minimum atomic E-state index is -3.89. The Bertz CT molecular complexity index is 507. The maximum atomic E-state index is 11.6. The van der Waals surface area contributed by atoms with Gasteiger partial charge < -0.3 is 10.1 Å². The van der Waals surface area contributed by atoms with E-state index in [4.69, 9.17) is 4.55 Å². The smallest absolute Gasteiger partial charge is 0.862 e. The minimum absolute atomic E-state index is 0. The van der Waals surface area contributed by atoms with Crippen LogP contribution < -0.4 is 34.7 Å². The molecule has 0 aromatic heterocycles. The van der Waals surface area contributed by atoms with E-state index in [0.717, 1.165) is 25.7 Å². The number of aliphatic imine (C=N–C) groups is 1. The maximum Gasteiger partial charge on any atom is 1.00 e. The zero-order valence-electron chi connectivity index (χ0n) is 18.9. The van der Waals surface area contributed by atoms with Gasteiger partial charge in [-0.05, 0) is 57.3 Å². The van der Waals surface area contributed by atoms with E-state index in [1.54, 1.807) is 0 Å². The van der Waals surface area contributed by atoms with Crippen molar-refractivity contribution in [3.63, 3.8) is 0 Å². The Morgan fingerprint density at radius 1 is 0.828 bits per heavy atom. The molecule has 0 spiro atoms. The Labute approximate surface area is 201 Å². The number of allylic oxidation sites excluding steroid dienone is 2. The van der Waals surface area contributed by atoms with Crippen molar-refractivity contribution in [2.75, 3.05) is 12.3 Å². The van der Waals surface area contributed by atoms with Gasteiger partial charge in [0.25, 0.3) is 10.1 Å². The Morgan fingerprint density at radius 2 is 1.34 bits per heavy atom. The van der Waals surface area contributed by atoms with Crippen LogP contribution in [0.25, 0.3) is 0 Å². The van der Waals surface area contributed by atoms with E-state index in [-0.39, 0.29) is 41.2 Å². The van der Waals surface area contributed by atoms with Gasteiger partial charge in [0.05, 0.1) is 5.75 Å². The fraction of sp³-hybridized carbons (Fsp3) is 0.864. The molecule has 166 valence electrons. The Balaban J connectivity index is 0. The van der Waals surface area contributed by atoms with E-state index in [2.05, 4.69) is 24.1 Å². The molecule has 7 heteroatoms. The normalized spacial score (nSPS) is 12.4. The van der Waals surface area contributed by atoms with Crippen molar-refractivity contribution in [3.8, 4) is 0 Å². The van der Waals surface area contributed by atoms with Crippen molar-refractivity contribution in [2.45, 2.75) is 110 Å². The molecule has 0 aliphatic rings. The largest absolute Gasteiger partial charge is 1.00 e. The van der Waals surface area contributed by atoms with E-state index in [1.807, 2.05) is 0 Å². The topological polar surface area (TPSA) is 89.8 Å². The summed E-state index contributed by atoms with van der Waals surface area (Å²) < 4.78 is 29.7. The van der Waals surface area contributed by atoms with Crippen LogP contribution in [0.4, 0.5) is 0 Å². The average Bonchev–Trinajstić information content (AvgIpc) is 2.63. The van der Waals surface area contributed by atoms with Crippen LogP contribution in [-0.4, -0.2) is 31.2 Å². The zero-order valence-corrected chi connectivity index (χ0v) is 21.7. The number of hydrogen-bond acceptors (Lipinski definition) is 4. The molecule has 0 aliphatic carbocycles. The van der Waals surface area contributed by atoms with Gasteiger partial charge in [0.15, 0.2) is 0 Å². The third-order valence-electron chi connectivity index (χ3n) is 4.75. The Kier molecular flexibility index (Phi) is 24.6. The van der Waals surface area contributed by atoms with Crippen LogP contribution in [0, 0.1) is 0 Å². The first-order valence-corrected chi connectivity index (χ1v) is 12.9. The fourth-order valence-electron chi connectivity index (χ4n) is 3.03. The van der Waals surface area contributed by atoms with Crippen LogP contribution in [0.1, 0.15) is 110 Å². The third-order valence-corrected chi connectivity index (χ3v) is 5.56.